The first kappa shape index (κ1) is 27.4. The summed E-state index contributed by atoms with van der Waals surface area (Å²) in [5.74, 6) is 1.32. The normalized spacial score (nSPS) is 13.5. The van der Waals surface area contributed by atoms with Gasteiger partial charge in [-0.3, -0.25) is 14.3 Å². The Hall–Kier alpha value is -2.81. The van der Waals surface area contributed by atoms with Crippen LogP contribution in [-0.2, 0) is 25.3 Å². The minimum Gasteiger partial charge on any atom is -0.494 e. The van der Waals surface area contributed by atoms with Crippen molar-refractivity contribution in [3.05, 3.63) is 115 Å². The van der Waals surface area contributed by atoms with E-state index in [1.807, 2.05) is 49.4 Å². The summed E-state index contributed by atoms with van der Waals surface area (Å²) in [6, 6.07) is 23.6. The van der Waals surface area contributed by atoms with Gasteiger partial charge >= 0.3 is 0 Å². The molecule has 1 aliphatic rings. The van der Waals surface area contributed by atoms with Crippen LogP contribution in [-0.4, -0.2) is 27.6 Å². The molecule has 0 bridgehead atoms. The quantitative estimate of drug-likeness (QED) is 0.132. The highest BCUT2D eigenvalue weighted by atomic mass is 35.5. The van der Waals surface area contributed by atoms with Gasteiger partial charge in [-0.25, -0.2) is 4.98 Å². The maximum absolute atomic E-state index is 14.2. The van der Waals surface area contributed by atoms with Gasteiger partial charge < -0.3 is 4.74 Å². The van der Waals surface area contributed by atoms with Crippen molar-refractivity contribution < 1.29 is 4.74 Å². The molecule has 0 spiro atoms. The predicted octanol–water partition coefficient (Wildman–Crippen LogP) is 8.00. The molecule has 1 aliphatic heterocycles. The van der Waals surface area contributed by atoms with Gasteiger partial charge in [-0.2, -0.15) is 0 Å². The summed E-state index contributed by atoms with van der Waals surface area (Å²) in [6.45, 7) is 5.14. The highest BCUT2D eigenvalue weighted by molar-refractivity contribution is 7.98. The summed E-state index contributed by atoms with van der Waals surface area (Å²) < 4.78 is 7.37. The Balaban J connectivity index is 1.39. The molecule has 0 fully saturated rings. The molecule has 0 aliphatic carbocycles. The van der Waals surface area contributed by atoms with E-state index in [1.165, 1.54) is 22.2 Å². The molecule has 0 unspecified atom stereocenters. The molecule has 0 saturated carbocycles. The molecule has 0 radical (unpaired) electrons. The number of hydrogen-bond donors (Lipinski definition) is 0. The summed E-state index contributed by atoms with van der Waals surface area (Å²) in [5, 5.41) is 2.56. The molecule has 6 rings (SSSR count). The highest BCUT2D eigenvalue weighted by Crippen LogP contribution is 2.36. The molecule has 0 N–H and O–H groups in total. The molecule has 40 heavy (non-hydrogen) atoms. The molecule has 5 nitrogen and oxygen atoms in total. The largest absolute Gasteiger partial charge is 0.494 e. The van der Waals surface area contributed by atoms with Crippen LogP contribution >= 0.6 is 46.3 Å². The van der Waals surface area contributed by atoms with Crippen molar-refractivity contribution in [2.24, 2.45) is 0 Å². The van der Waals surface area contributed by atoms with E-state index in [0.717, 1.165) is 58.8 Å². The van der Waals surface area contributed by atoms with E-state index >= 15 is 0 Å². The van der Waals surface area contributed by atoms with Gasteiger partial charge in [-0.15, -0.1) is 11.3 Å². The zero-order valence-corrected chi connectivity index (χ0v) is 25.0. The number of ether oxygens (including phenoxy) is 1. The smallest absolute Gasteiger partial charge is 0.267 e. The maximum Gasteiger partial charge on any atom is 0.267 e. The van der Waals surface area contributed by atoms with Crippen LogP contribution in [0.2, 0.25) is 10.0 Å². The van der Waals surface area contributed by atoms with Gasteiger partial charge in [0.05, 0.1) is 17.7 Å². The highest BCUT2D eigenvalue weighted by Gasteiger charge is 2.26. The first-order valence-electron chi connectivity index (χ1n) is 13.1. The third kappa shape index (κ3) is 5.67. The lowest BCUT2D eigenvalue weighted by atomic mass is 10.0. The van der Waals surface area contributed by atoms with Gasteiger partial charge in [0.2, 0.25) is 0 Å². The zero-order chi connectivity index (χ0) is 27.6. The average Bonchev–Trinajstić information content (AvgIpc) is 3.32. The summed E-state index contributed by atoms with van der Waals surface area (Å²) in [4.78, 5) is 23.8. The number of hydrogen-bond acceptors (Lipinski definition) is 6. The van der Waals surface area contributed by atoms with Gasteiger partial charge in [-0.1, -0.05) is 71.4 Å². The second-order valence-electron chi connectivity index (χ2n) is 9.62. The Morgan fingerprint density at radius 2 is 1.85 bits per heavy atom. The fourth-order valence-electron chi connectivity index (χ4n) is 5.02. The van der Waals surface area contributed by atoms with Crippen molar-refractivity contribution >= 4 is 56.5 Å². The molecule has 9 heteroatoms. The Bertz CT molecular complexity index is 1720. The van der Waals surface area contributed by atoms with Crippen molar-refractivity contribution in [3.8, 4) is 11.4 Å². The van der Waals surface area contributed by atoms with Crippen LogP contribution in [0.15, 0.2) is 82.7 Å². The van der Waals surface area contributed by atoms with E-state index in [-0.39, 0.29) is 5.56 Å². The van der Waals surface area contributed by atoms with Crippen molar-refractivity contribution in [1.29, 1.82) is 0 Å². The number of thiophene rings is 1. The van der Waals surface area contributed by atoms with E-state index in [4.69, 9.17) is 32.9 Å². The van der Waals surface area contributed by atoms with Gasteiger partial charge in [0.1, 0.15) is 10.6 Å². The number of nitrogens with zero attached hydrogens (tertiary/aromatic N) is 3. The zero-order valence-electron chi connectivity index (χ0n) is 21.9. The van der Waals surface area contributed by atoms with E-state index in [0.29, 0.717) is 27.6 Å². The number of aromatic nitrogens is 2. The SMILES string of the molecule is CCOc1ccc(-n2c(SCc3ccc(Cl)cc3Cl)nc3sc4c(c3c2=O)CCN(Cc2ccccc2)C4)cc1. The molecule has 2 aromatic heterocycles. The summed E-state index contributed by atoms with van der Waals surface area (Å²) in [6.07, 6.45) is 0.829. The lowest BCUT2D eigenvalue weighted by Crippen LogP contribution is -2.30. The third-order valence-electron chi connectivity index (χ3n) is 6.95. The monoisotopic (exact) mass is 607 g/mol. The number of thioether (sulfide) groups is 1. The van der Waals surface area contributed by atoms with Crippen LogP contribution in [0.4, 0.5) is 0 Å². The first-order chi connectivity index (χ1) is 19.5. The standard InChI is InChI=1S/C31H27Cl2N3O2S2/c1-2-38-24-12-10-23(11-13-24)36-30(37)28-25-14-15-35(17-20-6-4-3-5-7-20)18-27(25)40-29(28)34-31(36)39-19-21-8-9-22(32)16-26(21)33/h3-13,16H,2,14-15,17-19H2,1H3. The molecule has 3 aromatic carbocycles. The minimum absolute atomic E-state index is 0.0344. The lowest BCUT2D eigenvalue weighted by Gasteiger charge is -2.26. The molecule has 204 valence electrons. The number of benzene rings is 3. The van der Waals surface area contributed by atoms with Crippen LogP contribution in [0.3, 0.4) is 0 Å². The number of fused-ring (bicyclic) bond motifs is 3. The van der Waals surface area contributed by atoms with E-state index in [9.17, 15) is 4.79 Å². The second-order valence-corrected chi connectivity index (χ2v) is 12.5. The van der Waals surface area contributed by atoms with Crippen LogP contribution in [0.1, 0.15) is 28.5 Å². The van der Waals surface area contributed by atoms with Crippen molar-refractivity contribution in [2.45, 2.75) is 37.3 Å². The van der Waals surface area contributed by atoms with Gasteiger partial charge in [0.15, 0.2) is 5.16 Å². The van der Waals surface area contributed by atoms with Crippen molar-refractivity contribution in [3.63, 3.8) is 0 Å². The topological polar surface area (TPSA) is 47.4 Å². The Morgan fingerprint density at radius 1 is 1.05 bits per heavy atom. The molecule has 0 amide bonds. The molecule has 3 heterocycles. The Kier molecular flexibility index (Phi) is 8.19. The van der Waals surface area contributed by atoms with Gasteiger partial charge in [-0.05, 0) is 66.4 Å². The van der Waals surface area contributed by atoms with Crippen molar-refractivity contribution in [2.75, 3.05) is 13.2 Å². The third-order valence-corrected chi connectivity index (χ3v) is 9.63. The van der Waals surface area contributed by atoms with Gasteiger partial charge in [0.25, 0.3) is 5.56 Å². The van der Waals surface area contributed by atoms with Gasteiger partial charge in [0, 0.05) is 40.3 Å². The second kappa shape index (κ2) is 12.0. The lowest BCUT2D eigenvalue weighted by molar-refractivity contribution is 0.249. The summed E-state index contributed by atoms with van der Waals surface area (Å²) in [5.41, 5.74) is 4.09. The van der Waals surface area contributed by atoms with Crippen LogP contribution in [0.5, 0.6) is 5.75 Å². The maximum atomic E-state index is 14.2. The van der Waals surface area contributed by atoms with E-state index in [1.54, 1.807) is 22.0 Å². The van der Waals surface area contributed by atoms with E-state index < -0.39 is 0 Å². The molecular weight excluding hydrogens is 581 g/mol. The van der Waals surface area contributed by atoms with Crippen LogP contribution in [0.25, 0.3) is 15.9 Å². The Morgan fingerprint density at radius 3 is 2.60 bits per heavy atom. The average molecular weight is 609 g/mol. The van der Waals surface area contributed by atoms with E-state index in [2.05, 4.69) is 29.2 Å². The van der Waals surface area contributed by atoms with Crippen LogP contribution < -0.4 is 10.3 Å². The molecule has 5 aromatic rings. The minimum atomic E-state index is -0.0344. The van der Waals surface area contributed by atoms with Crippen molar-refractivity contribution in [1.82, 2.24) is 14.5 Å². The number of rotatable bonds is 8. The van der Waals surface area contributed by atoms with Crippen LogP contribution in [0, 0.1) is 0 Å². The molecule has 0 atom stereocenters. The number of halogens is 2. The summed E-state index contributed by atoms with van der Waals surface area (Å²) >= 11 is 15.7. The fourth-order valence-corrected chi connectivity index (χ4v) is 7.89. The summed E-state index contributed by atoms with van der Waals surface area (Å²) in [7, 11) is 0. The fraction of sp³-hybridized carbons (Fsp3) is 0.226. The Labute approximate surface area is 251 Å². The molecular formula is C31H27Cl2N3O2S2. The predicted molar refractivity (Wildman–Crippen MR) is 167 cm³/mol. The first-order valence-corrected chi connectivity index (χ1v) is 15.7. The molecule has 0 saturated heterocycles.